The van der Waals surface area contributed by atoms with Gasteiger partial charge in [-0.2, -0.15) is 0 Å². The van der Waals surface area contributed by atoms with E-state index in [1.807, 2.05) is 52.0 Å². The molecule has 3 aromatic carbocycles. The van der Waals surface area contributed by atoms with E-state index in [1.165, 1.54) is 19.8 Å². The highest BCUT2D eigenvalue weighted by atomic mass is 16.6. The van der Waals surface area contributed by atoms with Crippen LogP contribution in [0.5, 0.6) is 0 Å². The quantitative estimate of drug-likeness (QED) is 0.101. The van der Waals surface area contributed by atoms with E-state index in [4.69, 9.17) is 9.47 Å². The van der Waals surface area contributed by atoms with Crippen molar-refractivity contribution in [2.24, 2.45) is 11.8 Å². The Morgan fingerprint density at radius 1 is 0.646 bits per heavy atom. The van der Waals surface area contributed by atoms with Crippen LogP contribution in [0.4, 0.5) is 21.9 Å². The van der Waals surface area contributed by atoms with E-state index in [9.17, 15) is 29.1 Å². The molecule has 0 spiro atoms. The summed E-state index contributed by atoms with van der Waals surface area (Å²) in [5, 5.41) is 21.6. The zero-order valence-corrected chi connectivity index (χ0v) is 39.4. The Morgan fingerprint density at radius 2 is 1.09 bits per heavy atom. The van der Waals surface area contributed by atoms with Crippen molar-refractivity contribution in [3.05, 3.63) is 89.5 Å². The Kier molecular flexibility index (Phi) is 16.0. The Labute approximate surface area is 384 Å². The molecule has 352 valence electrons. The number of ether oxygens (including phenoxy) is 2. The van der Waals surface area contributed by atoms with Crippen LogP contribution >= 0.6 is 0 Å². The van der Waals surface area contributed by atoms with E-state index in [0.717, 1.165) is 29.7 Å². The molecule has 3 heterocycles. The number of hydrogen-bond acceptors (Lipinski definition) is 10. The number of carbonyl (C=O) groups is 5. The number of rotatable bonds is 15. The van der Waals surface area contributed by atoms with Crippen LogP contribution in [0.15, 0.2) is 72.8 Å². The van der Waals surface area contributed by atoms with Crippen LogP contribution in [-0.2, 0) is 34.1 Å². The number of benzene rings is 3. The SMILES string of the molecule is COC(=O)N[C@H](C(=O)N1CCC[C@H]1C(=O)Nc1ccc([C@@H]2CC[C@@H](c3ccc(NC(=O)[C@@H]4CCCN4C(=O)[C@@H](NC(O)OC)C(C)C)cc3)N2c2ccc(C(C)(C)C)cc2)cc1)C(C)C. The predicted molar refractivity (Wildman–Crippen MR) is 251 cm³/mol. The first-order valence-electron chi connectivity index (χ1n) is 23.0. The Morgan fingerprint density at radius 3 is 1.49 bits per heavy atom. The summed E-state index contributed by atoms with van der Waals surface area (Å²) in [6.45, 7) is 14.9. The second kappa shape index (κ2) is 21.2. The van der Waals surface area contributed by atoms with E-state index in [-0.39, 0.29) is 53.0 Å². The van der Waals surface area contributed by atoms with Gasteiger partial charge in [0.05, 0.1) is 25.2 Å². The first-order chi connectivity index (χ1) is 30.9. The Bertz CT molecular complexity index is 2120. The summed E-state index contributed by atoms with van der Waals surface area (Å²) < 4.78 is 9.68. The molecule has 1 unspecified atom stereocenters. The molecule has 3 saturated heterocycles. The van der Waals surface area contributed by atoms with Crippen LogP contribution in [0.25, 0.3) is 0 Å². The van der Waals surface area contributed by atoms with E-state index in [1.54, 1.807) is 9.80 Å². The molecule has 3 aliphatic heterocycles. The standard InChI is InChI=1S/C50H69N7O8/c1-30(2)42(53-48(62)64-8)46(60)55-28-10-12-40(55)44(58)51-35-20-14-32(15-21-35)38-26-27-39(57(38)37-24-18-34(19-25-37)50(5,6)7)33-16-22-36(23-17-33)52-45(59)41-13-11-29-56(41)47(61)43(31(3)4)54-49(63)65-9/h14-25,30-31,38-43,48,53,62H,10-13,26-29H2,1-9H3,(H,51,58)(H,52,59)(H,54,63)/t38-,39-,40-,41-,42-,43-,48?/m0/s1. The molecule has 15 nitrogen and oxygen atoms in total. The molecule has 0 radical (unpaired) electrons. The zero-order valence-electron chi connectivity index (χ0n) is 39.4. The van der Waals surface area contributed by atoms with Crippen LogP contribution < -0.4 is 26.2 Å². The number of amides is 5. The molecule has 0 aromatic heterocycles. The van der Waals surface area contributed by atoms with Crippen molar-refractivity contribution < 1.29 is 38.6 Å². The summed E-state index contributed by atoms with van der Waals surface area (Å²) in [4.78, 5) is 72.2. The minimum absolute atomic E-state index is 0.00980. The van der Waals surface area contributed by atoms with Gasteiger partial charge in [0.25, 0.3) is 0 Å². The smallest absolute Gasteiger partial charge is 0.407 e. The molecule has 3 aromatic rings. The second-order valence-corrected chi connectivity index (χ2v) is 19.2. The van der Waals surface area contributed by atoms with Gasteiger partial charge in [0.1, 0.15) is 18.1 Å². The maximum absolute atomic E-state index is 13.7. The molecule has 7 atom stereocenters. The van der Waals surface area contributed by atoms with Crippen LogP contribution in [0.2, 0.25) is 0 Å². The first kappa shape index (κ1) is 48.9. The average Bonchev–Trinajstić information content (AvgIpc) is 4.08. The van der Waals surface area contributed by atoms with Crippen LogP contribution in [-0.4, -0.2) is 103 Å². The third-order valence-electron chi connectivity index (χ3n) is 13.1. The Balaban J connectivity index is 1.17. The van der Waals surface area contributed by atoms with E-state index >= 15 is 0 Å². The van der Waals surface area contributed by atoms with Gasteiger partial charge in [-0.15, -0.1) is 0 Å². The maximum Gasteiger partial charge on any atom is 0.407 e. The van der Waals surface area contributed by atoms with Gasteiger partial charge in [-0.05, 0) is 109 Å². The van der Waals surface area contributed by atoms with Crippen molar-refractivity contribution in [3.8, 4) is 0 Å². The van der Waals surface area contributed by atoms with Gasteiger partial charge in [0, 0.05) is 37.3 Å². The second-order valence-electron chi connectivity index (χ2n) is 19.2. The molecule has 65 heavy (non-hydrogen) atoms. The zero-order chi connectivity index (χ0) is 47.2. The molecule has 3 fully saturated rings. The van der Waals surface area contributed by atoms with Crippen LogP contribution in [0.3, 0.4) is 0 Å². The lowest BCUT2D eigenvalue weighted by atomic mass is 9.87. The van der Waals surface area contributed by atoms with Gasteiger partial charge in [0.15, 0.2) is 0 Å². The minimum atomic E-state index is -1.30. The highest BCUT2D eigenvalue weighted by Gasteiger charge is 2.41. The van der Waals surface area contributed by atoms with E-state index in [2.05, 4.69) is 95.5 Å². The number of aliphatic hydroxyl groups is 1. The van der Waals surface area contributed by atoms with Crippen molar-refractivity contribution in [3.63, 3.8) is 0 Å². The van der Waals surface area contributed by atoms with Gasteiger partial charge >= 0.3 is 6.09 Å². The number of likely N-dealkylation sites (tertiary alicyclic amines) is 2. The average molecular weight is 896 g/mol. The third-order valence-corrected chi connectivity index (χ3v) is 13.1. The third kappa shape index (κ3) is 11.5. The lowest BCUT2D eigenvalue weighted by molar-refractivity contribution is -0.146. The molecule has 3 aliphatic rings. The molecule has 15 heteroatoms. The van der Waals surface area contributed by atoms with Crippen molar-refractivity contribution >= 4 is 46.8 Å². The number of nitrogens with one attached hydrogen (secondary N) is 4. The van der Waals surface area contributed by atoms with Crippen LogP contribution in [0, 0.1) is 11.8 Å². The van der Waals surface area contributed by atoms with Crippen molar-refractivity contribution in [1.82, 2.24) is 20.4 Å². The number of methoxy groups -OCH3 is 2. The highest BCUT2D eigenvalue weighted by molar-refractivity contribution is 5.99. The van der Waals surface area contributed by atoms with Gasteiger partial charge in [-0.3, -0.25) is 24.5 Å². The number of nitrogens with zero attached hydrogens (tertiary/aromatic N) is 3. The molecule has 0 saturated carbocycles. The molecule has 0 bridgehead atoms. The molecular formula is C50H69N7O8. The minimum Gasteiger partial charge on any atom is -0.453 e. The monoisotopic (exact) mass is 896 g/mol. The first-order valence-corrected chi connectivity index (χ1v) is 23.0. The molecule has 0 aliphatic carbocycles. The topological polar surface area (TPSA) is 182 Å². The summed E-state index contributed by atoms with van der Waals surface area (Å²) in [6, 6.07) is 21.9. The lowest BCUT2D eigenvalue weighted by Gasteiger charge is -2.34. The number of carbonyl (C=O) groups excluding carboxylic acids is 5. The normalized spacial score (nSPS) is 21.3. The van der Waals surface area contributed by atoms with Crippen LogP contribution in [0.1, 0.15) is 116 Å². The molecule has 6 rings (SSSR count). The molecular weight excluding hydrogens is 827 g/mol. The van der Waals surface area contributed by atoms with Gasteiger partial charge in [-0.25, -0.2) is 4.79 Å². The van der Waals surface area contributed by atoms with Crippen molar-refractivity contribution in [2.75, 3.05) is 42.8 Å². The van der Waals surface area contributed by atoms with E-state index < -0.39 is 36.7 Å². The van der Waals surface area contributed by atoms with Gasteiger partial charge in [-0.1, -0.05) is 84.9 Å². The largest absolute Gasteiger partial charge is 0.453 e. The van der Waals surface area contributed by atoms with Gasteiger partial charge in [0.2, 0.25) is 30.0 Å². The number of alkyl carbamates (subject to hydrolysis) is 1. The van der Waals surface area contributed by atoms with Crippen molar-refractivity contribution in [2.45, 2.75) is 135 Å². The fourth-order valence-corrected chi connectivity index (χ4v) is 9.42. The summed E-state index contributed by atoms with van der Waals surface area (Å²) >= 11 is 0. The van der Waals surface area contributed by atoms with E-state index in [0.29, 0.717) is 50.1 Å². The number of hydrogen-bond donors (Lipinski definition) is 5. The molecule has 5 amide bonds. The molecule has 5 N–H and O–H groups in total. The summed E-state index contributed by atoms with van der Waals surface area (Å²) in [5.74, 6) is -1.40. The fraction of sp³-hybridized carbons (Fsp3) is 0.540. The Hall–Kier alpha value is -5.51. The fourth-order valence-electron chi connectivity index (χ4n) is 9.42. The summed E-state index contributed by atoms with van der Waals surface area (Å²) in [7, 11) is 2.60. The lowest BCUT2D eigenvalue weighted by Crippen LogP contribution is -2.55. The van der Waals surface area contributed by atoms with Crippen molar-refractivity contribution in [1.29, 1.82) is 0 Å². The number of anilines is 3. The summed E-state index contributed by atoms with van der Waals surface area (Å²) in [5.41, 5.74) is 5.79. The maximum atomic E-state index is 13.7. The van der Waals surface area contributed by atoms with Gasteiger partial charge < -0.3 is 45.2 Å². The predicted octanol–water partition coefficient (Wildman–Crippen LogP) is 6.84. The summed E-state index contributed by atoms with van der Waals surface area (Å²) in [6.07, 6.45) is 2.22. The number of aliphatic hydroxyl groups excluding tert-OH is 1. The highest BCUT2D eigenvalue weighted by Crippen LogP contribution is 2.47.